The molecule has 2 N–H and O–H groups in total. The first kappa shape index (κ1) is 23.8. The number of para-hydroxylation sites is 3. The Morgan fingerprint density at radius 1 is 0.938 bits per heavy atom. The maximum atomic E-state index is 13.8. The van der Waals surface area contributed by atoms with Gasteiger partial charge in [0.2, 0.25) is 0 Å². The van der Waals surface area contributed by atoms with E-state index < -0.39 is 25.2 Å². The monoisotopic (exact) mass is 480 g/mol. The van der Waals surface area contributed by atoms with Crippen molar-refractivity contribution in [2.24, 2.45) is 0 Å². The van der Waals surface area contributed by atoms with E-state index in [1.165, 1.54) is 43.3 Å². The SMILES string of the molecule is CC(=N)SCc1cccc(C(F)(F)F)c1NP(=O)(Oc1ccccc1)Oc1ccccc1. The lowest BCUT2D eigenvalue weighted by molar-refractivity contribution is -0.136. The van der Waals surface area contributed by atoms with Gasteiger partial charge in [-0.2, -0.15) is 13.2 Å². The van der Waals surface area contributed by atoms with Gasteiger partial charge in [-0.1, -0.05) is 48.5 Å². The van der Waals surface area contributed by atoms with Crippen molar-refractivity contribution in [3.63, 3.8) is 0 Å². The lowest BCUT2D eigenvalue weighted by Gasteiger charge is -2.24. The molecule has 0 aliphatic heterocycles. The first-order valence-corrected chi connectivity index (χ1v) is 11.9. The molecule has 0 amide bonds. The zero-order valence-electron chi connectivity index (χ0n) is 16.9. The highest BCUT2D eigenvalue weighted by atomic mass is 32.2. The number of benzene rings is 3. The van der Waals surface area contributed by atoms with Crippen LogP contribution in [0.2, 0.25) is 0 Å². The molecular weight excluding hydrogens is 460 g/mol. The van der Waals surface area contributed by atoms with Crippen LogP contribution >= 0.6 is 19.5 Å². The molecule has 10 heteroatoms. The minimum atomic E-state index is -4.72. The van der Waals surface area contributed by atoms with Crippen LogP contribution < -0.4 is 14.1 Å². The third kappa shape index (κ3) is 6.55. The van der Waals surface area contributed by atoms with Crippen LogP contribution in [0.4, 0.5) is 18.9 Å². The molecule has 32 heavy (non-hydrogen) atoms. The molecule has 168 valence electrons. The summed E-state index contributed by atoms with van der Waals surface area (Å²) in [5.41, 5.74) is -1.21. The summed E-state index contributed by atoms with van der Waals surface area (Å²) in [5, 5.41) is 10.2. The molecule has 3 aromatic carbocycles. The summed E-state index contributed by atoms with van der Waals surface area (Å²) in [5.74, 6) is 0.392. The summed E-state index contributed by atoms with van der Waals surface area (Å²) < 4.78 is 66.2. The lowest BCUT2D eigenvalue weighted by Crippen LogP contribution is -2.16. The molecule has 3 aromatic rings. The van der Waals surface area contributed by atoms with Crippen LogP contribution in [0.3, 0.4) is 0 Å². The van der Waals surface area contributed by atoms with Gasteiger partial charge >= 0.3 is 13.9 Å². The van der Waals surface area contributed by atoms with Crippen molar-refractivity contribution >= 4 is 30.2 Å². The van der Waals surface area contributed by atoms with Crippen molar-refractivity contribution in [2.75, 3.05) is 5.09 Å². The van der Waals surface area contributed by atoms with Crippen LogP contribution in [-0.2, 0) is 16.5 Å². The van der Waals surface area contributed by atoms with Crippen LogP contribution in [0.15, 0.2) is 78.9 Å². The largest absolute Gasteiger partial charge is 0.541 e. The summed E-state index contributed by atoms with van der Waals surface area (Å²) >= 11 is 1.06. The average Bonchev–Trinajstić information content (AvgIpc) is 2.73. The fraction of sp³-hybridized carbons (Fsp3) is 0.136. The summed E-state index contributed by atoms with van der Waals surface area (Å²) in [6.45, 7) is 1.54. The molecule has 0 spiro atoms. The van der Waals surface area contributed by atoms with E-state index in [2.05, 4.69) is 5.09 Å². The van der Waals surface area contributed by atoms with Gasteiger partial charge in [0.25, 0.3) is 0 Å². The van der Waals surface area contributed by atoms with Crippen molar-refractivity contribution in [3.05, 3.63) is 90.0 Å². The Morgan fingerprint density at radius 3 is 1.94 bits per heavy atom. The molecule has 0 heterocycles. The smallest absolute Gasteiger partial charge is 0.400 e. The van der Waals surface area contributed by atoms with Gasteiger partial charge in [0.15, 0.2) is 0 Å². The second-order valence-corrected chi connectivity index (χ2v) is 9.37. The highest BCUT2D eigenvalue weighted by molar-refractivity contribution is 8.13. The fourth-order valence-electron chi connectivity index (χ4n) is 2.72. The molecule has 5 nitrogen and oxygen atoms in total. The van der Waals surface area contributed by atoms with Gasteiger partial charge < -0.3 is 9.05 Å². The van der Waals surface area contributed by atoms with Crippen LogP contribution in [-0.4, -0.2) is 5.04 Å². The van der Waals surface area contributed by atoms with Gasteiger partial charge in [0.1, 0.15) is 11.5 Å². The molecule has 0 saturated carbocycles. The van der Waals surface area contributed by atoms with Gasteiger partial charge in [-0.05, 0) is 42.8 Å². The summed E-state index contributed by atoms with van der Waals surface area (Å²) in [7, 11) is -4.37. The number of hydrogen-bond donors (Lipinski definition) is 2. The minimum Gasteiger partial charge on any atom is -0.400 e. The lowest BCUT2D eigenvalue weighted by atomic mass is 10.1. The Morgan fingerprint density at radius 2 is 1.47 bits per heavy atom. The molecule has 0 atom stereocenters. The highest BCUT2D eigenvalue weighted by Crippen LogP contribution is 2.51. The van der Waals surface area contributed by atoms with Crippen molar-refractivity contribution < 1.29 is 26.8 Å². The third-order valence-electron chi connectivity index (χ3n) is 4.09. The van der Waals surface area contributed by atoms with Gasteiger partial charge in [0, 0.05) is 5.75 Å². The van der Waals surface area contributed by atoms with Crippen molar-refractivity contribution in [3.8, 4) is 11.5 Å². The topological polar surface area (TPSA) is 71.4 Å². The first-order chi connectivity index (χ1) is 15.2. The quantitative estimate of drug-likeness (QED) is 0.197. The second kappa shape index (κ2) is 10.1. The zero-order chi connectivity index (χ0) is 23.2. The maximum absolute atomic E-state index is 13.8. The Labute approximate surface area is 188 Å². The normalized spacial score (nSPS) is 11.6. The van der Waals surface area contributed by atoms with Gasteiger partial charge in [-0.15, -0.1) is 11.8 Å². The Balaban J connectivity index is 2.06. The molecule has 3 rings (SSSR count). The molecule has 0 radical (unpaired) electrons. The number of alkyl halides is 3. The molecule has 0 saturated heterocycles. The maximum Gasteiger partial charge on any atom is 0.541 e. The fourth-order valence-corrected chi connectivity index (χ4v) is 4.79. The Kier molecular flexibility index (Phi) is 7.53. The van der Waals surface area contributed by atoms with E-state index in [0.29, 0.717) is 0 Å². The van der Waals surface area contributed by atoms with E-state index in [9.17, 15) is 17.7 Å². The minimum absolute atomic E-state index is 0.0677. The molecular formula is C22H20F3N2O3PS. The van der Waals surface area contributed by atoms with Crippen LogP contribution in [0.1, 0.15) is 18.1 Å². The van der Waals surface area contributed by atoms with Gasteiger partial charge in [-0.3, -0.25) is 10.5 Å². The standard InChI is InChI=1S/C22H20F3N2O3PS/c1-16(26)32-15-17-9-8-14-20(22(23,24)25)21(17)27-31(28,29-18-10-4-2-5-11-18)30-19-12-6-3-7-13-19/h2-14,26H,15H2,1H3,(H,27,28). The number of nitrogens with one attached hydrogen (secondary N) is 2. The summed E-state index contributed by atoms with van der Waals surface area (Å²) in [4.78, 5) is 0. The predicted octanol–water partition coefficient (Wildman–Crippen LogP) is 7.61. The molecule has 0 unspecified atom stereocenters. The van der Waals surface area contributed by atoms with Crippen LogP contribution in [0.5, 0.6) is 11.5 Å². The van der Waals surface area contributed by atoms with Crippen molar-refractivity contribution in [1.29, 1.82) is 5.41 Å². The van der Waals surface area contributed by atoms with E-state index in [-0.39, 0.29) is 27.9 Å². The average molecular weight is 480 g/mol. The number of anilines is 1. The Bertz CT molecular complexity index is 1070. The number of halogens is 3. The number of rotatable bonds is 8. The first-order valence-electron chi connectivity index (χ1n) is 9.41. The highest BCUT2D eigenvalue weighted by Gasteiger charge is 2.38. The second-order valence-electron chi connectivity index (χ2n) is 6.60. The van der Waals surface area contributed by atoms with E-state index in [1.54, 1.807) is 36.4 Å². The van der Waals surface area contributed by atoms with E-state index in [0.717, 1.165) is 17.8 Å². The number of thioether (sulfide) groups is 1. The molecule has 0 bridgehead atoms. The number of hydrogen-bond acceptors (Lipinski definition) is 5. The van der Waals surface area contributed by atoms with Crippen LogP contribution in [0, 0.1) is 5.41 Å². The predicted molar refractivity (Wildman–Crippen MR) is 122 cm³/mol. The third-order valence-corrected chi connectivity index (χ3v) is 6.37. The molecule has 0 aliphatic carbocycles. The molecule has 0 aromatic heterocycles. The van der Waals surface area contributed by atoms with Gasteiger partial charge in [-0.25, -0.2) is 4.57 Å². The Hall–Kier alpha value is -2.90. The molecule has 0 fully saturated rings. The summed E-state index contributed by atoms with van der Waals surface area (Å²) in [6.07, 6.45) is -4.72. The molecule has 0 aliphatic rings. The van der Waals surface area contributed by atoms with Crippen LogP contribution in [0.25, 0.3) is 0 Å². The van der Waals surface area contributed by atoms with Gasteiger partial charge in [0.05, 0.1) is 16.3 Å². The van der Waals surface area contributed by atoms with E-state index in [4.69, 9.17) is 14.5 Å². The summed E-state index contributed by atoms with van der Waals surface area (Å²) in [6, 6.07) is 19.7. The zero-order valence-corrected chi connectivity index (χ0v) is 18.6. The van der Waals surface area contributed by atoms with E-state index in [1.807, 2.05) is 0 Å². The van der Waals surface area contributed by atoms with Crippen molar-refractivity contribution in [2.45, 2.75) is 18.9 Å². The van der Waals surface area contributed by atoms with E-state index >= 15 is 0 Å². The van der Waals surface area contributed by atoms with Crippen molar-refractivity contribution in [1.82, 2.24) is 0 Å².